The van der Waals surface area contributed by atoms with Crippen molar-refractivity contribution in [3.05, 3.63) is 0 Å². The Balaban J connectivity index is 2.45. The number of rotatable bonds is 1. The molecule has 1 fully saturated rings. The van der Waals surface area contributed by atoms with E-state index in [-0.39, 0.29) is 0 Å². The molecule has 0 bridgehead atoms. The molecule has 0 aromatic rings. The van der Waals surface area contributed by atoms with E-state index >= 15 is 0 Å². The molecule has 1 N–H and O–H groups in total. The average Bonchev–Trinajstić information content (AvgIpc) is 2.13. The predicted molar refractivity (Wildman–Crippen MR) is 39.6 cm³/mol. The highest BCUT2D eigenvalue weighted by Gasteiger charge is 2.29. The monoisotopic (exact) mass is 128 g/mol. The number of likely N-dealkylation sites (tertiary alicyclic amines) is 1. The van der Waals surface area contributed by atoms with Crippen molar-refractivity contribution in [2.75, 3.05) is 27.2 Å². The van der Waals surface area contributed by atoms with Crippen LogP contribution in [0, 0.1) is 0 Å². The summed E-state index contributed by atoms with van der Waals surface area (Å²) in [6.45, 7) is 4.69. The second-order valence-electron chi connectivity index (χ2n) is 3.30. The van der Waals surface area contributed by atoms with Gasteiger partial charge in [0.15, 0.2) is 0 Å². The summed E-state index contributed by atoms with van der Waals surface area (Å²) in [7, 11) is 4.21. The largest absolute Gasteiger partial charge is 0.313 e. The summed E-state index contributed by atoms with van der Waals surface area (Å²) >= 11 is 0. The molecular weight excluding hydrogens is 112 g/mol. The molecular formula is C7H16N2. The van der Waals surface area contributed by atoms with E-state index in [1.807, 2.05) is 7.05 Å². The predicted octanol–water partition coefficient (Wildman–Crippen LogP) is 0.300. The van der Waals surface area contributed by atoms with Gasteiger partial charge in [0.1, 0.15) is 0 Å². The fraction of sp³-hybridized carbons (Fsp3) is 1.00. The van der Waals surface area contributed by atoms with Crippen LogP contribution in [0.1, 0.15) is 13.3 Å². The Labute approximate surface area is 57.2 Å². The van der Waals surface area contributed by atoms with Gasteiger partial charge >= 0.3 is 0 Å². The molecule has 0 radical (unpaired) electrons. The molecule has 0 spiro atoms. The molecule has 0 saturated carbocycles. The van der Waals surface area contributed by atoms with Crippen molar-refractivity contribution in [1.29, 1.82) is 0 Å². The van der Waals surface area contributed by atoms with Gasteiger partial charge in [0, 0.05) is 12.1 Å². The van der Waals surface area contributed by atoms with Gasteiger partial charge in [-0.1, -0.05) is 0 Å². The number of nitrogens with zero attached hydrogens (tertiary/aromatic N) is 1. The van der Waals surface area contributed by atoms with Gasteiger partial charge in [0.05, 0.1) is 0 Å². The molecule has 2 nitrogen and oxygen atoms in total. The zero-order valence-corrected chi connectivity index (χ0v) is 6.57. The Bertz CT molecular complexity index is 103. The molecule has 0 amide bonds. The molecule has 1 atom stereocenters. The summed E-state index contributed by atoms with van der Waals surface area (Å²) in [5.41, 5.74) is 0.384. The smallest absolute Gasteiger partial charge is 0.0289 e. The summed E-state index contributed by atoms with van der Waals surface area (Å²) in [4.78, 5) is 2.36. The fourth-order valence-electron chi connectivity index (χ4n) is 1.40. The number of nitrogens with one attached hydrogen (secondary N) is 1. The minimum absolute atomic E-state index is 0.384. The van der Waals surface area contributed by atoms with Gasteiger partial charge in [-0.25, -0.2) is 0 Å². The van der Waals surface area contributed by atoms with Crippen LogP contribution in [-0.4, -0.2) is 37.6 Å². The summed E-state index contributed by atoms with van der Waals surface area (Å²) < 4.78 is 0. The van der Waals surface area contributed by atoms with Crippen molar-refractivity contribution < 1.29 is 0 Å². The van der Waals surface area contributed by atoms with Crippen LogP contribution in [0.15, 0.2) is 0 Å². The maximum Gasteiger partial charge on any atom is 0.0289 e. The van der Waals surface area contributed by atoms with Gasteiger partial charge in [-0.15, -0.1) is 0 Å². The van der Waals surface area contributed by atoms with Crippen LogP contribution in [0.25, 0.3) is 0 Å². The van der Waals surface area contributed by atoms with E-state index < -0.39 is 0 Å². The van der Waals surface area contributed by atoms with E-state index in [2.05, 4.69) is 24.2 Å². The first-order valence-corrected chi connectivity index (χ1v) is 3.54. The van der Waals surface area contributed by atoms with Crippen molar-refractivity contribution in [2.45, 2.75) is 18.9 Å². The number of hydrogen-bond donors (Lipinski definition) is 1. The summed E-state index contributed by atoms with van der Waals surface area (Å²) in [5.74, 6) is 0. The first kappa shape index (κ1) is 7.03. The highest BCUT2D eigenvalue weighted by Crippen LogP contribution is 2.17. The average molecular weight is 128 g/mol. The van der Waals surface area contributed by atoms with Crippen molar-refractivity contribution in [1.82, 2.24) is 10.2 Å². The molecule has 9 heavy (non-hydrogen) atoms. The van der Waals surface area contributed by atoms with Crippen LogP contribution in [0.2, 0.25) is 0 Å². The van der Waals surface area contributed by atoms with Crippen LogP contribution >= 0.6 is 0 Å². The van der Waals surface area contributed by atoms with Crippen LogP contribution in [0.5, 0.6) is 0 Å². The van der Waals surface area contributed by atoms with Gasteiger partial charge in [-0.2, -0.15) is 0 Å². The molecule has 54 valence electrons. The zero-order chi connectivity index (χ0) is 6.91. The van der Waals surface area contributed by atoms with Crippen LogP contribution in [-0.2, 0) is 0 Å². The summed E-state index contributed by atoms with van der Waals surface area (Å²) in [6.07, 6.45) is 1.28. The Morgan fingerprint density at radius 3 is 2.44 bits per heavy atom. The van der Waals surface area contributed by atoms with Crippen LogP contribution in [0.4, 0.5) is 0 Å². The Morgan fingerprint density at radius 2 is 2.22 bits per heavy atom. The van der Waals surface area contributed by atoms with Gasteiger partial charge in [-0.3, -0.25) is 0 Å². The molecule has 1 aliphatic rings. The maximum atomic E-state index is 3.33. The molecule has 1 aliphatic heterocycles. The van der Waals surface area contributed by atoms with Crippen molar-refractivity contribution in [3.63, 3.8) is 0 Å². The third kappa shape index (κ3) is 1.43. The lowest BCUT2D eigenvalue weighted by molar-refractivity contribution is 0.350. The number of likely N-dealkylation sites (N-methyl/N-ethyl adjacent to an activating group) is 2. The normalized spacial score (nSPS) is 37.7. The van der Waals surface area contributed by atoms with Crippen LogP contribution < -0.4 is 5.32 Å². The summed E-state index contributed by atoms with van der Waals surface area (Å²) in [5, 5.41) is 3.33. The minimum atomic E-state index is 0.384. The topological polar surface area (TPSA) is 15.3 Å². The third-order valence-electron chi connectivity index (χ3n) is 2.27. The van der Waals surface area contributed by atoms with Gasteiger partial charge in [0.2, 0.25) is 0 Å². The van der Waals surface area contributed by atoms with E-state index in [1.54, 1.807) is 0 Å². The fourth-order valence-corrected chi connectivity index (χ4v) is 1.40. The third-order valence-corrected chi connectivity index (χ3v) is 2.27. The first-order valence-electron chi connectivity index (χ1n) is 3.54. The quantitative estimate of drug-likeness (QED) is 0.546. The Morgan fingerprint density at radius 1 is 1.56 bits per heavy atom. The van der Waals surface area contributed by atoms with Crippen molar-refractivity contribution >= 4 is 0 Å². The standard InChI is InChI=1S/C7H16N2/c1-7(8-2)4-5-9(3)6-7/h8H,4-6H2,1-3H3. The van der Waals surface area contributed by atoms with Crippen molar-refractivity contribution in [3.8, 4) is 0 Å². The molecule has 1 heterocycles. The van der Waals surface area contributed by atoms with E-state index in [0.29, 0.717) is 5.54 Å². The van der Waals surface area contributed by atoms with E-state index in [9.17, 15) is 0 Å². The van der Waals surface area contributed by atoms with Gasteiger partial charge in [0.25, 0.3) is 0 Å². The van der Waals surface area contributed by atoms with E-state index in [1.165, 1.54) is 19.5 Å². The lowest BCUT2D eigenvalue weighted by Gasteiger charge is -2.22. The second-order valence-corrected chi connectivity index (χ2v) is 3.30. The van der Waals surface area contributed by atoms with Gasteiger partial charge < -0.3 is 10.2 Å². The van der Waals surface area contributed by atoms with E-state index in [0.717, 1.165) is 0 Å². The molecule has 0 aromatic heterocycles. The van der Waals surface area contributed by atoms with Crippen LogP contribution in [0.3, 0.4) is 0 Å². The molecule has 1 rings (SSSR count). The lowest BCUT2D eigenvalue weighted by atomic mass is 10.0. The highest BCUT2D eigenvalue weighted by molar-refractivity contribution is 4.90. The number of hydrogen-bond acceptors (Lipinski definition) is 2. The van der Waals surface area contributed by atoms with E-state index in [4.69, 9.17) is 0 Å². The Kier molecular flexibility index (Phi) is 1.78. The lowest BCUT2D eigenvalue weighted by Crippen LogP contribution is -2.41. The van der Waals surface area contributed by atoms with Crippen molar-refractivity contribution in [2.24, 2.45) is 0 Å². The minimum Gasteiger partial charge on any atom is -0.313 e. The molecule has 0 aliphatic carbocycles. The zero-order valence-electron chi connectivity index (χ0n) is 6.57. The van der Waals surface area contributed by atoms with Gasteiger partial charge in [-0.05, 0) is 34.0 Å². The molecule has 0 aromatic carbocycles. The molecule has 1 unspecified atom stereocenters. The second kappa shape index (κ2) is 2.27. The summed E-state index contributed by atoms with van der Waals surface area (Å²) in [6, 6.07) is 0. The first-order chi connectivity index (χ1) is 4.16. The maximum absolute atomic E-state index is 3.33. The highest BCUT2D eigenvalue weighted by atomic mass is 15.2. The molecule has 1 saturated heterocycles. The SMILES string of the molecule is CNC1(C)CCN(C)C1. The molecule has 2 heteroatoms. The Hall–Kier alpha value is -0.0800.